The van der Waals surface area contributed by atoms with Gasteiger partial charge < -0.3 is 14.0 Å². The number of imidazole rings is 1. The van der Waals surface area contributed by atoms with E-state index in [1.807, 2.05) is 29.7 Å². The van der Waals surface area contributed by atoms with Crippen LogP contribution in [0.15, 0.2) is 24.5 Å². The van der Waals surface area contributed by atoms with E-state index in [-0.39, 0.29) is 12.0 Å². The summed E-state index contributed by atoms with van der Waals surface area (Å²) in [5.41, 5.74) is 2.84. The molecule has 24 heavy (non-hydrogen) atoms. The summed E-state index contributed by atoms with van der Waals surface area (Å²) in [5, 5.41) is 13.8. The number of aromatic nitrogens is 6. The fourth-order valence-electron chi connectivity index (χ4n) is 2.94. The number of fused-ring (bicyclic) bond motifs is 1. The largest absolute Gasteiger partial charge is 0.366 e. The molecule has 1 amide bonds. The van der Waals surface area contributed by atoms with Crippen LogP contribution in [-0.2, 0) is 16.0 Å². The fourth-order valence-corrected chi connectivity index (χ4v) is 2.94. The van der Waals surface area contributed by atoms with Crippen LogP contribution in [-0.4, -0.2) is 60.5 Å². The minimum Gasteiger partial charge on any atom is -0.366 e. The average Bonchev–Trinajstić information content (AvgIpc) is 3.26. The zero-order valence-electron chi connectivity index (χ0n) is 13.2. The van der Waals surface area contributed by atoms with E-state index in [2.05, 4.69) is 25.6 Å². The van der Waals surface area contributed by atoms with Gasteiger partial charge in [-0.2, -0.15) is 5.21 Å². The molecule has 4 rings (SSSR count). The van der Waals surface area contributed by atoms with Crippen molar-refractivity contribution in [1.82, 2.24) is 34.9 Å². The Bertz CT molecular complexity index is 858. The van der Waals surface area contributed by atoms with E-state index in [1.165, 1.54) is 0 Å². The molecule has 3 aromatic heterocycles. The van der Waals surface area contributed by atoms with Crippen molar-refractivity contribution in [1.29, 1.82) is 0 Å². The van der Waals surface area contributed by atoms with Crippen molar-refractivity contribution in [3.63, 3.8) is 0 Å². The van der Waals surface area contributed by atoms with Crippen molar-refractivity contribution in [2.75, 3.05) is 19.7 Å². The third kappa shape index (κ3) is 2.62. The predicted octanol–water partition coefficient (Wildman–Crippen LogP) is 0.298. The third-order valence-corrected chi connectivity index (χ3v) is 4.21. The van der Waals surface area contributed by atoms with Crippen LogP contribution >= 0.6 is 0 Å². The summed E-state index contributed by atoms with van der Waals surface area (Å²) >= 11 is 0. The topological polar surface area (TPSA) is 101 Å². The molecule has 0 aliphatic carbocycles. The Morgan fingerprint density at radius 1 is 1.50 bits per heavy atom. The number of carbonyl (C=O) groups is 1. The zero-order chi connectivity index (χ0) is 16.5. The summed E-state index contributed by atoms with van der Waals surface area (Å²) in [6, 6.07) is 3.96. The number of nitrogens with one attached hydrogen (secondary N) is 1. The third-order valence-electron chi connectivity index (χ3n) is 4.21. The number of amides is 1. The first-order valence-corrected chi connectivity index (χ1v) is 7.76. The fraction of sp³-hybridized carbons (Fsp3) is 0.400. The van der Waals surface area contributed by atoms with E-state index < -0.39 is 0 Å². The Hall–Kier alpha value is -2.81. The number of hydrogen-bond donors (Lipinski definition) is 1. The van der Waals surface area contributed by atoms with Crippen molar-refractivity contribution in [3.8, 4) is 0 Å². The molecule has 0 saturated carbocycles. The maximum Gasteiger partial charge on any atom is 0.228 e. The van der Waals surface area contributed by atoms with Gasteiger partial charge in [-0.3, -0.25) is 4.79 Å². The number of H-pyrrole nitrogens is 1. The van der Waals surface area contributed by atoms with Gasteiger partial charge in [-0.15, -0.1) is 10.2 Å². The molecule has 1 fully saturated rings. The molecule has 0 bridgehead atoms. The van der Waals surface area contributed by atoms with Crippen LogP contribution in [0.5, 0.6) is 0 Å². The van der Waals surface area contributed by atoms with E-state index in [0.29, 0.717) is 31.9 Å². The van der Waals surface area contributed by atoms with E-state index >= 15 is 0 Å². The zero-order valence-corrected chi connectivity index (χ0v) is 13.2. The Morgan fingerprint density at radius 2 is 2.42 bits per heavy atom. The maximum absolute atomic E-state index is 12.7. The van der Waals surface area contributed by atoms with Gasteiger partial charge in [-0.1, -0.05) is 11.3 Å². The lowest BCUT2D eigenvalue weighted by molar-refractivity contribution is -0.138. The van der Waals surface area contributed by atoms with Gasteiger partial charge in [-0.05, 0) is 18.6 Å². The lowest BCUT2D eigenvalue weighted by atomic mass is 10.2. The molecule has 0 aromatic carbocycles. The Labute approximate surface area is 137 Å². The Kier molecular flexibility index (Phi) is 3.69. The number of nitrogens with zero attached hydrogens (tertiary/aromatic N) is 6. The molecular formula is C15H17N7O2. The molecule has 1 aliphatic heterocycles. The molecular weight excluding hydrogens is 310 g/mol. The molecule has 1 unspecified atom stereocenters. The predicted molar refractivity (Wildman–Crippen MR) is 83.1 cm³/mol. The van der Waals surface area contributed by atoms with Crippen LogP contribution in [0, 0.1) is 6.92 Å². The molecule has 4 heterocycles. The Balaban J connectivity index is 1.50. The number of aryl methyl sites for hydroxylation is 1. The second-order valence-electron chi connectivity index (χ2n) is 5.78. The van der Waals surface area contributed by atoms with Crippen LogP contribution < -0.4 is 0 Å². The average molecular weight is 327 g/mol. The first kappa shape index (κ1) is 14.8. The summed E-state index contributed by atoms with van der Waals surface area (Å²) in [6.07, 6.45) is 3.64. The molecule has 9 heteroatoms. The number of aromatic amines is 1. The highest BCUT2D eigenvalue weighted by Crippen LogP contribution is 2.19. The highest BCUT2D eigenvalue weighted by atomic mass is 16.5. The van der Waals surface area contributed by atoms with Crippen molar-refractivity contribution >= 4 is 11.6 Å². The number of tetrazole rings is 1. The normalized spacial score (nSPS) is 18.2. The standard InChI is InChI=1S/C15H17N7O2/c1-10-3-2-4-22-11(8-16-15(10)22)7-13(23)21-5-6-24-12(9-21)14-17-19-20-18-14/h2-4,8,12H,5-7,9H2,1H3,(H,17,18,19,20). The first-order valence-electron chi connectivity index (χ1n) is 7.76. The van der Waals surface area contributed by atoms with Gasteiger partial charge in [0.25, 0.3) is 0 Å². The number of morpholine rings is 1. The molecule has 9 nitrogen and oxygen atoms in total. The minimum atomic E-state index is -0.342. The number of hydrogen-bond acceptors (Lipinski definition) is 6. The summed E-state index contributed by atoms with van der Waals surface area (Å²) in [4.78, 5) is 18.9. The van der Waals surface area contributed by atoms with Gasteiger partial charge in [0.05, 0.1) is 25.3 Å². The van der Waals surface area contributed by atoms with Gasteiger partial charge in [0, 0.05) is 18.9 Å². The molecule has 1 aliphatic rings. The van der Waals surface area contributed by atoms with Crippen molar-refractivity contribution in [3.05, 3.63) is 41.6 Å². The van der Waals surface area contributed by atoms with Crippen LogP contribution in [0.1, 0.15) is 23.2 Å². The smallest absolute Gasteiger partial charge is 0.228 e. The summed E-state index contributed by atoms with van der Waals surface area (Å²) in [7, 11) is 0. The molecule has 0 spiro atoms. The van der Waals surface area contributed by atoms with E-state index in [1.54, 1.807) is 11.1 Å². The van der Waals surface area contributed by atoms with Gasteiger partial charge >= 0.3 is 0 Å². The highest BCUT2D eigenvalue weighted by Gasteiger charge is 2.28. The first-order chi connectivity index (χ1) is 11.7. The summed E-state index contributed by atoms with van der Waals surface area (Å²) < 4.78 is 7.59. The minimum absolute atomic E-state index is 0.0371. The van der Waals surface area contributed by atoms with Crippen molar-refractivity contribution in [2.24, 2.45) is 0 Å². The van der Waals surface area contributed by atoms with Crippen molar-refractivity contribution < 1.29 is 9.53 Å². The van der Waals surface area contributed by atoms with Crippen molar-refractivity contribution in [2.45, 2.75) is 19.4 Å². The monoisotopic (exact) mass is 327 g/mol. The number of pyridine rings is 1. The molecule has 1 saturated heterocycles. The summed E-state index contributed by atoms with van der Waals surface area (Å²) in [5.74, 6) is 0.507. The van der Waals surface area contributed by atoms with E-state index in [4.69, 9.17) is 4.74 Å². The second kappa shape index (κ2) is 6.00. The van der Waals surface area contributed by atoms with E-state index in [0.717, 1.165) is 16.9 Å². The van der Waals surface area contributed by atoms with Crippen LogP contribution in [0.25, 0.3) is 5.65 Å². The van der Waals surface area contributed by atoms with Gasteiger partial charge in [-0.25, -0.2) is 4.98 Å². The SMILES string of the molecule is Cc1cccn2c(CC(=O)N3CCOC(c4nn[nH]n4)C3)cnc12. The Morgan fingerprint density at radius 3 is 3.25 bits per heavy atom. The number of rotatable bonds is 3. The van der Waals surface area contributed by atoms with Crippen LogP contribution in [0.2, 0.25) is 0 Å². The molecule has 1 N–H and O–H groups in total. The molecule has 1 atom stereocenters. The second-order valence-corrected chi connectivity index (χ2v) is 5.78. The van der Waals surface area contributed by atoms with E-state index in [9.17, 15) is 4.79 Å². The lowest BCUT2D eigenvalue weighted by Crippen LogP contribution is -2.43. The van der Waals surface area contributed by atoms with Gasteiger partial charge in [0.15, 0.2) is 0 Å². The molecule has 0 radical (unpaired) electrons. The van der Waals surface area contributed by atoms with Gasteiger partial charge in [0.1, 0.15) is 11.8 Å². The number of carbonyl (C=O) groups excluding carboxylic acids is 1. The summed E-state index contributed by atoms with van der Waals surface area (Å²) in [6.45, 7) is 3.44. The van der Waals surface area contributed by atoms with Crippen LogP contribution in [0.3, 0.4) is 0 Å². The van der Waals surface area contributed by atoms with Gasteiger partial charge in [0.2, 0.25) is 11.7 Å². The van der Waals surface area contributed by atoms with Crippen LogP contribution in [0.4, 0.5) is 0 Å². The quantitative estimate of drug-likeness (QED) is 0.742. The highest BCUT2D eigenvalue weighted by molar-refractivity contribution is 5.78. The lowest BCUT2D eigenvalue weighted by Gasteiger charge is -2.31. The molecule has 124 valence electrons. The maximum atomic E-state index is 12.7. The number of ether oxygens (including phenoxy) is 1. The molecule has 3 aromatic rings.